The summed E-state index contributed by atoms with van der Waals surface area (Å²) in [5.41, 5.74) is 3.33. The van der Waals surface area contributed by atoms with E-state index in [0.29, 0.717) is 29.4 Å². The highest BCUT2D eigenvalue weighted by atomic mass is 16.5. The van der Waals surface area contributed by atoms with Gasteiger partial charge in [0.25, 0.3) is 0 Å². The van der Waals surface area contributed by atoms with Crippen molar-refractivity contribution in [1.29, 1.82) is 0 Å². The number of carbonyl (C=O) groups excluding carboxylic acids is 1. The quantitative estimate of drug-likeness (QED) is 0.247. The molecule has 0 heterocycles. The van der Waals surface area contributed by atoms with E-state index in [2.05, 4.69) is 54.2 Å². The van der Waals surface area contributed by atoms with Gasteiger partial charge in [-0.3, -0.25) is 0 Å². The number of benzene rings is 1. The molecule has 40 heavy (non-hydrogen) atoms. The van der Waals surface area contributed by atoms with Gasteiger partial charge in [0.2, 0.25) is 0 Å². The average molecular weight is 549 g/mol. The summed E-state index contributed by atoms with van der Waals surface area (Å²) in [6.07, 6.45) is 15.6. The van der Waals surface area contributed by atoms with Gasteiger partial charge in [0, 0.05) is 0 Å². The Morgan fingerprint density at radius 2 is 1.68 bits per heavy atom. The Morgan fingerprint density at radius 3 is 2.38 bits per heavy atom. The fourth-order valence-electron chi connectivity index (χ4n) is 9.37. The molecule has 222 valence electrons. The molecule has 5 atom stereocenters. The largest absolute Gasteiger partial charge is 0.458 e. The molecule has 0 aliphatic heterocycles. The van der Waals surface area contributed by atoms with Crippen LogP contribution in [0.25, 0.3) is 0 Å². The summed E-state index contributed by atoms with van der Waals surface area (Å²) in [5.74, 6) is 1.18. The smallest absolute Gasteiger partial charge is 0.338 e. The number of esters is 1. The Balaban J connectivity index is 1.49. The minimum absolute atomic E-state index is 0.168. The van der Waals surface area contributed by atoms with Gasteiger partial charge in [0.1, 0.15) is 6.61 Å². The molecule has 0 bridgehead atoms. The van der Waals surface area contributed by atoms with Crippen LogP contribution in [0.3, 0.4) is 0 Å². The molecule has 3 nitrogen and oxygen atoms in total. The minimum Gasteiger partial charge on any atom is -0.458 e. The molecule has 3 aliphatic rings. The Hall–Kier alpha value is -1.87. The maximum absolute atomic E-state index is 12.8. The lowest BCUT2D eigenvalue weighted by Gasteiger charge is -2.61. The van der Waals surface area contributed by atoms with E-state index in [9.17, 15) is 9.90 Å². The van der Waals surface area contributed by atoms with Crippen molar-refractivity contribution < 1.29 is 14.6 Å². The molecule has 0 unspecified atom stereocenters. The molecule has 0 saturated heterocycles. The van der Waals surface area contributed by atoms with Crippen molar-refractivity contribution in [2.24, 2.45) is 34.0 Å². The van der Waals surface area contributed by atoms with E-state index in [0.717, 1.165) is 44.9 Å². The van der Waals surface area contributed by atoms with Crippen molar-refractivity contribution in [3.63, 3.8) is 0 Å². The zero-order chi connectivity index (χ0) is 29.2. The number of aliphatic hydroxyl groups is 1. The van der Waals surface area contributed by atoms with Crippen molar-refractivity contribution in [2.75, 3.05) is 6.61 Å². The molecule has 0 aromatic heterocycles. The summed E-state index contributed by atoms with van der Waals surface area (Å²) in [6, 6.07) is 9.29. The summed E-state index contributed by atoms with van der Waals surface area (Å²) in [6.45, 7) is 19.0. The molecule has 4 rings (SSSR count). The standard InChI is InChI=1S/C37H56O3/c1-27-14-12-22-34(2,3)30(27)20-19-28(26-40-33(38)29-16-9-8-10-17-29)15-11-18-32-36(6)24-13-23-35(4,5)31(36)21-25-37(32,7)39/h8-10,15-17,30-32,39H,1,11-14,18-26H2,2-7H3/t30-,31+,32-,36+,37-/m1/s1. The van der Waals surface area contributed by atoms with E-state index < -0.39 is 5.60 Å². The van der Waals surface area contributed by atoms with Crippen LogP contribution in [-0.2, 0) is 4.74 Å². The molecule has 3 heteroatoms. The number of hydrogen-bond donors (Lipinski definition) is 1. The fourth-order valence-corrected chi connectivity index (χ4v) is 9.37. The summed E-state index contributed by atoms with van der Waals surface area (Å²) in [4.78, 5) is 12.8. The van der Waals surface area contributed by atoms with Crippen LogP contribution in [0.1, 0.15) is 129 Å². The van der Waals surface area contributed by atoms with E-state index >= 15 is 0 Å². The number of fused-ring (bicyclic) bond motifs is 1. The second-order valence-electron chi connectivity index (χ2n) is 15.3. The maximum Gasteiger partial charge on any atom is 0.338 e. The zero-order valence-electron chi connectivity index (χ0n) is 26.4. The predicted molar refractivity (Wildman–Crippen MR) is 166 cm³/mol. The molecule has 0 spiro atoms. The summed E-state index contributed by atoms with van der Waals surface area (Å²) < 4.78 is 5.85. The Labute approximate surface area is 244 Å². The molecule has 1 N–H and O–H groups in total. The fraction of sp³-hybridized carbons (Fsp3) is 0.703. The van der Waals surface area contributed by atoms with Crippen molar-refractivity contribution in [3.8, 4) is 0 Å². The van der Waals surface area contributed by atoms with Gasteiger partial charge in [-0.2, -0.15) is 0 Å². The first-order valence-electron chi connectivity index (χ1n) is 16.1. The summed E-state index contributed by atoms with van der Waals surface area (Å²) in [5, 5.41) is 11.6. The first-order chi connectivity index (χ1) is 18.8. The summed E-state index contributed by atoms with van der Waals surface area (Å²) >= 11 is 0. The topological polar surface area (TPSA) is 46.5 Å². The molecular formula is C37H56O3. The Morgan fingerprint density at radius 1 is 0.975 bits per heavy atom. The third-order valence-corrected chi connectivity index (χ3v) is 11.6. The monoisotopic (exact) mass is 548 g/mol. The molecule has 0 radical (unpaired) electrons. The van der Waals surface area contributed by atoms with E-state index in [1.807, 2.05) is 30.3 Å². The van der Waals surface area contributed by atoms with Gasteiger partial charge in [-0.05, 0) is 129 Å². The van der Waals surface area contributed by atoms with Crippen molar-refractivity contribution >= 4 is 5.97 Å². The number of carbonyl (C=O) groups is 1. The van der Waals surface area contributed by atoms with Crippen LogP contribution in [0.4, 0.5) is 0 Å². The molecule has 3 fully saturated rings. The normalized spacial score (nSPS) is 33.7. The molecule has 0 amide bonds. The van der Waals surface area contributed by atoms with E-state index in [1.54, 1.807) is 0 Å². The number of rotatable bonds is 9. The Kier molecular flexibility index (Phi) is 9.45. The van der Waals surface area contributed by atoms with Crippen LogP contribution < -0.4 is 0 Å². The third-order valence-electron chi connectivity index (χ3n) is 11.6. The lowest BCUT2D eigenvalue weighted by molar-refractivity contribution is -0.168. The van der Waals surface area contributed by atoms with Crippen LogP contribution in [0.5, 0.6) is 0 Å². The van der Waals surface area contributed by atoms with Crippen LogP contribution >= 0.6 is 0 Å². The van der Waals surface area contributed by atoms with Gasteiger partial charge in [0.15, 0.2) is 0 Å². The highest BCUT2D eigenvalue weighted by Gasteiger charge is 2.57. The third kappa shape index (κ3) is 6.77. The van der Waals surface area contributed by atoms with Gasteiger partial charge < -0.3 is 9.84 Å². The highest BCUT2D eigenvalue weighted by Crippen LogP contribution is 2.63. The van der Waals surface area contributed by atoms with Gasteiger partial charge in [-0.25, -0.2) is 4.79 Å². The first-order valence-corrected chi connectivity index (χ1v) is 16.1. The lowest BCUT2D eigenvalue weighted by atomic mass is 9.45. The second kappa shape index (κ2) is 12.2. The van der Waals surface area contributed by atoms with Gasteiger partial charge in [-0.15, -0.1) is 0 Å². The second-order valence-corrected chi connectivity index (χ2v) is 15.3. The van der Waals surface area contributed by atoms with Crippen molar-refractivity contribution in [2.45, 2.75) is 124 Å². The zero-order valence-corrected chi connectivity index (χ0v) is 26.4. The molecule has 3 saturated carbocycles. The molecule has 1 aromatic rings. The lowest BCUT2D eigenvalue weighted by Crippen LogP contribution is -2.57. The average Bonchev–Trinajstić information content (AvgIpc) is 2.87. The summed E-state index contributed by atoms with van der Waals surface area (Å²) in [7, 11) is 0. The number of allylic oxidation sites excluding steroid dienone is 2. The van der Waals surface area contributed by atoms with Gasteiger partial charge in [0.05, 0.1) is 11.2 Å². The molecular weight excluding hydrogens is 492 g/mol. The maximum atomic E-state index is 12.8. The first kappa shape index (κ1) is 31.1. The number of ether oxygens (including phenoxy) is 1. The van der Waals surface area contributed by atoms with E-state index in [-0.39, 0.29) is 22.7 Å². The van der Waals surface area contributed by atoms with Gasteiger partial charge >= 0.3 is 5.97 Å². The van der Waals surface area contributed by atoms with Crippen LogP contribution in [0.15, 0.2) is 54.1 Å². The Bertz CT molecular complexity index is 1060. The van der Waals surface area contributed by atoms with E-state index in [4.69, 9.17) is 4.74 Å². The minimum atomic E-state index is -0.629. The van der Waals surface area contributed by atoms with E-state index in [1.165, 1.54) is 43.3 Å². The van der Waals surface area contributed by atoms with Crippen molar-refractivity contribution in [1.82, 2.24) is 0 Å². The van der Waals surface area contributed by atoms with Crippen LogP contribution in [0, 0.1) is 34.0 Å². The highest BCUT2D eigenvalue weighted by molar-refractivity contribution is 5.89. The predicted octanol–water partition coefficient (Wildman–Crippen LogP) is 9.71. The molecule has 1 aromatic carbocycles. The van der Waals surface area contributed by atoms with Crippen LogP contribution in [0.2, 0.25) is 0 Å². The molecule has 3 aliphatic carbocycles. The number of hydrogen-bond acceptors (Lipinski definition) is 3. The van der Waals surface area contributed by atoms with Gasteiger partial charge in [-0.1, -0.05) is 77.5 Å². The van der Waals surface area contributed by atoms with Crippen molar-refractivity contribution in [3.05, 3.63) is 59.7 Å². The SMILES string of the molecule is C=C1CCCC(C)(C)[C@@H]1CCC(=CCC[C@@H]1[C@@]2(C)CCCC(C)(C)[C@@H]2CC[C@@]1(C)O)COC(=O)c1ccccc1. The van der Waals surface area contributed by atoms with Crippen LogP contribution in [-0.4, -0.2) is 23.3 Å².